The van der Waals surface area contributed by atoms with Crippen molar-refractivity contribution in [2.45, 2.75) is 39.3 Å². The molecule has 1 N–H and O–H groups in total. The number of halogens is 1. The lowest BCUT2D eigenvalue weighted by molar-refractivity contribution is -0.122. The molecule has 0 fully saturated rings. The summed E-state index contributed by atoms with van der Waals surface area (Å²) in [6.07, 6.45) is 5.18. The molecule has 0 radical (unpaired) electrons. The summed E-state index contributed by atoms with van der Waals surface area (Å²) in [7, 11) is 0. The molecule has 4 aromatic rings. The van der Waals surface area contributed by atoms with Crippen LogP contribution in [0, 0.1) is 11.2 Å². The van der Waals surface area contributed by atoms with Crippen LogP contribution in [-0.4, -0.2) is 25.2 Å². The normalized spacial score (nSPS) is 17.5. The van der Waals surface area contributed by atoms with Crippen LogP contribution in [0.3, 0.4) is 0 Å². The molecule has 6 nitrogen and oxygen atoms in total. The minimum atomic E-state index is -0.276. The highest BCUT2D eigenvalue weighted by atomic mass is 19.1. The molecule has 31 heavy (non-hydrogen) atoms. The number of nitrogens with zero attached hydrogens (tertiary/aromatic N) is 4. The van der Waals surface area contributed by atoms with Crippen LogP contribution in [0.2, 0.25) is 0 Å². The number of imidazole rings is 1. The number of carbonyl (C=O) groups is 1. The molecule has 2 aromatic carbocycles. The van der Waals surface area contributed by atoms with Crippen molar-refractivity contribution in [1.82, 2.24) is 24.6 Å². The summed E-state index contributed by atoms with van der Waals surface area (Å²) in [4.78, 5) is 17.3. The maximum atomic E-state index is 13.4. The Morgan fingerprint density at radius 3 is 2.77 bits per heavy atom. The number of rotatable bonds is 4. The fraction of sp³-hybridized carbons (Fsp3) is 0.292. The predicted molar refractivity (Wildman–Crippen MR) is 116 cm³/mol. The van der Waals surface area contributed by atoms with Crippen molar-refractivity contribution in [2.24, 2.45) is 5.41 Å². The van der Waals surface area contributed by atoms with Crippen LogP contribution < -0.4 is 5.32 Å². The third-order valence-corrected chi connectivity index (χ3v) is 5.93. The first-order chi connectivity index (χ1) is 14.9. The summed E-state index contributed by atoms with van der Waals surface area (Å²) >= 11 is 0. The highest BCUT2D eigenvalue weighted by molar-refractivity contribution is 5.80. The van der Waals surface area contributed by atoms with E-state index in [0.717, 1.165) is 40.8 Å². The van der Waals surface area contributed by atoms with Gasteiger partial charge in [-0.2, -0.15) is 5.10 Å². The number of para-hydroxylation sites is 2. The number of carbonyl (C=O) groups excluding carboxylic acids is 1. The van der Waals surface area contributed by atoms with E-state index >= 15 is 0 Å². The Morgan fingerprint density at radius 1 is 1.19 bits per heavy atom. The number of amides is 1. The van der Waals surface area contributed by atoms with E-state index in [9.17, 15) is 9.18 Å². The zero-order valence-electron chi connectivity index (χ0n) is 17.5. The average molecular weight is 417 g/mol. The minimum absolute atomic E-state index is 0.00946. The van der Waals surface area contributed by atoms with E-state index < -0.39 is 0 Å². The topological polar surface area (TPSA) is 64.7 Å². The molecule has 1 aliphatic rings. The molecule has 158 valence electrons. The molecular formula is C24H24FN5O. The Hall–Kier alpha value is -3.48. The smallest absolute Gasteiger partial charge is 0.240 e. The van der Waals surface area contributed by atoms with Crippen molar-refractivity contribution in [1.29, 1.82) is 0 Å². The Morgan fingerprint density at radius 2 is 1.97 bits per heavy atom. The van der Waals surface area contributed by atoms with Gasteiger partial charge in [0.2, 0.25) is 5.91 Å². The van der Waals surface area contributed by atoms with Crippen molar-refractivity contribution in [3.63, 3.8) is 0 Å². The molecule has 0 saturated carbocycles. The highest BCUT2D eigenvalue weighted by Gasteiger charge is 2.36. The fourth-order valence-electron chi connectivity index (χ4n) is 4.51. The summed E-state index contributed by atoms with van der Waals surface area (Å²) in [6, 6.07) is 14.0. The van der Waals surface area contributed by atoms with Crippen molar-refractivity contribution in [3.8, 4) is 5.69 Å². The van der Waals surface area contributed by atoms with Crippen molar-refractivity contribution >= 4 is 16.9 Å². The van der Waals surface area contributed by atoms with E-state index in [1.807, 2.05) is 39.7 Å². The summed E-state index contributed by atoms with van der Waals surface area (Å²) in [5.74, 6) is -0.339. The van der Waals surface area contributed by atoms with Crippen LogP contribution in [0.25, 0.3) is 16.7 Å². The second kappa shape index (κ2) is 7.34. The lowest BCUT2D eigenvalue weighted by atomic mass is 9.74. The van der Waals surface area contributed by atoms with E-state index in [1.54, 1.807) is 18.5 Å². The molecule has 0 spiro atoms. The zero-order valence-corrected chi connectivity index (χ0v) is 17.5. The van der Waals surface area contributed by atoms with Crippen molar-refractivity contribution < 1.29 is 9.18 Å². The van der Waals surface area contributed by atoms with E-state index in [2.05, 4.69) is 29.2 Å². The van der Waals surface area contributed by atoms with Crippen molar-refractivity contribution in [3.05, 3.63) is 78.1 Å². The van der Waals surface area contributed by atoms with Gasteiger partial charge in [0, 0.05) is 5.56 Å². The minimum Gasteiger partial charge on any atom is -0.348 e. The molecule has 7 heteroatoms. The predicted octanol–water partition coefficient (Wildman–Crippen LogP) is 4.19. The molecule has 2 aromatic heterocycles. The third kappa shape index (κ3) is 3.71. The van der Waals surface area contributed by atoms with Crippen LogP contribution in [0.5, 0.6) is 0 Å². The van der Waals surface area contributed by atoms with Gasteiger partial charge in [-0.15, -0.1) is 0 Å². The molecule has 0 aliphatic heterocycles. The lowest BCUT2D eigenvalue weighted by Crippen LogP contribution is -2.38. The summed E-state index contributed by atoms with van der Waals surface area (Å²) < 4.78 is 17.1. The summed E-state index contributed by atoms with van der Waals surface area (Å²) in [5, 5.41) is 7.77. The second-order valence-corrected chi connectivity index (χ2v) is 8.96. The molecule has 1 aliphatic carbocycles. The summed E-state index contributed by atoms with van der Waals surface area (Å²) in [6.45, 7) is 4.60. The number of fused-ring (bicyclic) bond motifs is 2. The zero-order chi connectivity index (χ0) is 21.6. The Kier molecular flexibility index (Phi) is 4.61. The molecule has 5 rings (SSSR count). The third-order valence-electron chi connectivity index (χ3n) is 5.93. The highest BCUT2D eigenvalue weighted by Crippen LogP contribution is 2.41. The van der Waals surface area contributed by atoms with E-state index in [4.69, 9.17) is 0 Å². The van der Waals surface area contributed by atoms with E-state index in [-0.39, 0.29) is 29.7 Å². The number of hydrogen-bond acceptors (Lipinski definition) is 3. The summed E-state index contributed by atoms with van der Waals surface area (Å²) in [5.41, 5.74) is 4.69. The maximum absolute atomic E-state index is 13.4. The van der Waals surface area contributed by atoms with Gasteiger partial charge in [-0.05, 0) is 54.7 Å². The number of nitrogens with one attached hydrogen (secondary N) is 1. The standard InChI is InChI=1S/C24H24FN5O/c1-24(2)11-20(28-23(31)14-29-15-26-19-5-3-4-6-21(19)29)18-13-27-30(22(18)12-24)17-9-7-16(25)8-10-17/h3-10,13,15,20H,11-12,14H2,1-2H3,(H,28,31)/t20-/m1/s1. The van der Waals surface area contributed by atoms with Gasteiger partial charge in [-0.25, -0.2) is 14.1 Å². The number of aromatic nitrogens is 4. The van der Waals surface area contributed by atoms with Crippen molar-refractivity contribution in [2.75, 3.05) is 0 Å². The Labute approximate surface area is 179 Å². The van der Waals surface area contributed by atoms with Gasteiger partial charge in [0.1, 0.15) is 12.4 Å². The van der Waals surface area contributed by atoms with Crippen LogP contribution >= 0.6 is 0 Å². The first kappa shape index (κ1) is 19.5. The van der Waals surface area contributed by atoms with Gasteiger partial charge in [0.05, 0.1) is 41.0 Å². The van der Waals surface area contributed by atoms with Crippen LogP contribution in [0.1, 0.15) is 37.6 Å². The molecule has 1 atom stereocenters. The van der Waals surface area contributed by atoms with Gasteiger partial charge in [-0.3, -0.25) is 4.79 Å². The number of hydrogen-bond donors (Lipinski definition) is 1. The Bertz CT molecular complexity index is 1250. The quantitative estimate of drug-likeness (QED) is 0.542. The van der Waals surface area contributed by atoms with Gasteiger partial charge < -0.3 is 9.88 Å². The second-order valence-electron chi connectivity index (χ2n) is 8.96. The van der Waals surface area contributed by atoms with Gasteiger partial charge in [0.25, 0.3) is 0 Å². The van der Waals surface area contributed by atoms with Gasteiger partial charge in [0.15, 0.2) is 0 Å². The van der Waals surface area contributed by atoms with Crippen LogP contribution in [0.15, 0.2) is 61.1 Å². The molecule has 2 heterocycles. The SMILES string of the molecule is CC1(C)Cc2c(cnn2-c2ccc(F)cc2)[C@H](NC(=O)Cn2cnc3ccccc32)C1. The maximum Gasteiger partial charge on any atom is 0.240 e. The molecule has 0 saturated heterocycles. The molecule has 0 unspecified atom stereocenters. The van der Waals surface area contributed by atoms with E-state index in [0.29, 0.717) is 0 Å². The molecule has 1 amide bonds. The van der Waals surface area contributed by atoms with Gasteiger partial charge >= 0.3 is 0 Å². The fourth-order valence-corrected chi connectivity index (χ4v) is 4.51. The number of benzene rings is 2. The first-order valence-corrected chi connectivity index (χ1v) is 10.4. The van der Waals surface area contributed by atoms with Crippen LogP contribution in [-0.2, 0) is 17.8 Å². The van der Waals surface area contributed by atoms with E-state index in [1.165, 1.54) is 12.1 Å². The lowest BCUT2D eigenvalue weighted by Gasteiger charge is -2.36. The Balaban J connectivity index is 1.41. The average Bonchev–Trinajstić information content (AvgIpc) is 3.32. The molecular weight excluding hydrogens is 393 g/mol. The first-order valence-electron chi connectivity index (χ1n) is 10.4. The largest absolute Gasteiger partial charge is 0.348 e. The monoisotopic (exact) mass is 417 g/mol. The van der Waals surface area contributed by atoms with Crippen LogP contribution in [0.4, 0.5) is 4.39 Å². The van der Waals surface area contributed by atoms with Gasteiger partial charge in [-0.1, -0.05) is 26.0 Å². The molecule has 0 bridgehead atoms.